The topological polar surface area (TPSA) is 90.9 Å². The maximum absolute atomic E-state index is 13.1. The van der Waals surface area contributed by atoms with Crippen molar-refractivity contribution in [2.45, 2.75) is 78.2 Å². The number of nitrogens with one attached hydrogen (secondary N) is 1. The lowest BCUT2D eigenvalue weighted by molar-refractivity contribution is -0.170. The molecule has 0 aromatic carbocycles. The van der Waals surface area contributed by atoms with Crippen LogP contribution in [-0.4, -0.2) is 43.9 Å². The zero-order valence-corrected chi connectivity index (χ0v) is 21.4. The van der Waals surface area contributed by atoms with Crippen molar-refractivity contribution in [3.8, 4) is 0 Å². The van der Waals surface area contributed by atoms with Crippen LogP contribution < -0.4 is 5.32 Å². The Labute approximate surface area is 209 Å². The highest BCUT2D eigenvalue weighted by atomic mass is 16.6. The number of allylic oxidation sites excluding steroid dienone is 4. The van der Waals surface area contributed by atoms with Gasteiger partial charge in [0.15, 0.2) is 6.10 Å². The molecular weight excluding hydrogens is 446 g/mol. The smallest absolute Gasteiger partial charge is 0.407 e. The van der Waals surface area contributed by atoms with Gasteiger partial charge in [-0.2, -0.15) is 0 Å². The van der Waals surface area contributed by atoms with Gasteiger partial charge in [0.1, 0.15) is 13.2 Å². The molecule has 35 heavy (non-hydrogen) atoms. The van der Waals surface area contributed by atoms with Crippen LogP contribution >= 0.6 is 0 Å². The van der Waals surface area contributed by atoms with Gasteiger partial charge in [-0.1, -0.05) is 37.6 Å². The second-order valence-corrected chi connectivity index (χ2v) is 11.4. The predicted molar refractivity (Wildman–Crippen MR) is 131 cm³/mol. The molecule has 7 heteroatoms. The minimum atomic E-state index is -0.857. The summed E-state index contributed by atoms with van der Waals surface area (Å²) < 4.78 is 16.9. The average molecular weight is 488 g/mol. The number of hydrogen-bond donors (Lipinski definition) is 1. The molecule has 7 nitrogen and oxygen atoms in total. The number of unbranched alkanes of at least 4 members (excludes halogenated alkanes) is 1. The van der Waals surface area contributed by atoms with Gasteiger partial charge in [0.05, 0.1) is 10.8 Å². The lowest BCUT2D eigenvalue weighted by Crippen LogP contribution is -2.46. The SMILES string of the molecule is CCCCNC(=O)OC(COC(=O)C1(C)CC2C=CC1CC2)COC(=O)C1(C)CC2C=CC1CC2. The van der Waals surface area contributed by atoms with E-state index in [1.807, 2.05) is 20.8 Å². The molecule has 1 amide bonds. The van der Waals surface area contributed by atoms with E-state index < -0.39 is 23.0 Å². The van der Waals surface area contributed by atoms with Crippen LogP contribution in [0.25, 0.3) is 0 Å². The number of ether oxygens (including phenoxy) is 3. The van der Waals surface area contributed by atoms with E-state index in [2.05, 4.69) is 29.6 Å². The van der Waals surface area contributed by atoms with Gasteiger partial charge in [0.25, 0.3) is 0 Å². The third-order valence-electron chi connectivity index (χ3n) is 8.74. The first-order valence-corrected chi connectivity index (χ1v) is 13.4. The van der Waals surface area contributed by atoms with Gasteiger partial charge in [0, 0.05) is 6.54 Å². The first kappa shape index (κ1) is 25.8. The Bertz CT molecular complexity index is 810. The molecule has 6 unspecified atom stereocenters. The first-order chi connectivity index (χ1) is 16.7. The van der Waals surface area contributed by atoms with Crippen LogP contribution in [-0.2, 0) is 23.8 Å². The number of alkyl carbamates (subject to hydrolysis) is 1. The minimum absolute atomic E-state index is 0.132. The Morgan fingerprint density at radius 3 is 1.74 bits per heavy atom. The van der Waals surface area contributed by atoms with Crippen molar-refractivity contribution in [3.63, 3.8) is 0 Å². The van der Waals surface area contributed by atoms with Gasteiger partial charge in [-0.25, -0.2) is 4.79 Å². The first-order valence-electron chi connectivity index (χ1n) is 13.4. The van der Waals surface area contributed by atoms with E-state index in [1.165, 1.54) is 0 Å². The van der Waals surface area contributed by atoms with Crippen LogP contribution in [0.1, 0.15) is 72.1 Å². The standard InChI is InChI=1S/C28H41NO6/c1-4-5-14-29-26(32)35-23(17-33-24(30)27(2)15-19-6-10-21(27)11-7-19)18-34-25(31)28(3)16-20-8-12-22(28)13-9-20/h6,8,10,12,19-23H,4-5,7,9,11,13-18H2,1-3H3,(H,29,32). The molecule has 0 aromatic rings. The van der Waals surface area contributed by atoms with Gasteiger partial charge < -0.3 is 19.5 Å². The van der Waals surface area contributed by atoms with Crippen LogP contribution in [0.2, 0.25) is 0 Å². The van der Waals surface area contributed by atoms with Crippen molar-refractivity contribution < 1.29 is 28.6 Å². The second kappa shape index (κ2) is 10.8. The largest absolute Gasteiger partial charge is 0.461 e. The van der Waals surface area contributed by atoms with Crippen LogP contribution in [0.3, 0.4) is 0 Å². The maximum atomic E-state index is 13.1. The predicted octanol–water partition coefficient (Wildman–Crippen LogP) is 4.95. The molecule has 0 aliphatic heterocycles. The normalized spacial score (nSPS) is 35.4. The summed E-state index contributed by atoms with van der Waals surface area (Å²) in [6, 6.07) is 0. The minimum Gasteiger partial charge on any atom is -0.461 e. The molecule has 1 N–H and O–H groups in total. The molecule has 0 saturated heterocycles. The van der Waals surface area contributed by atoms with E-state index in [0.717, 1.165) is 51.4 Å². The molecule has 4 bridgehead atoms. The van der Waals surface area contributed by atoms with Crippen molar-refractivity contribution in [3.05, 3.63) is 24.3 Å². The fourth-order valence-electron chi connectivity index (χ4n) is 6.36. The highest BCUT2D eigenvalue weighted by Gasteiger charge is 2.49. The van der Waals surface area contributed by atoms with Crippen LogP contribution in [0.4, 0.5) is 4.79 Å². The number of carbonyl (C=O) groups is 3. The molecule has 6 aliphatic rings. The van der Waals surface area contributed by atoms with E-state index in [0.29, 0.717) is 18.4 Å². The lowest BCUT2D eigenvalue weighted by Gasteiger charge is -2.44. The fraction of sp³-hybridized carbons (Fsp3) is 0.750. The van der Waals surface area contributed by atoms with E-state index in [-0.39, 0.29) is 37.0 Å². The Morgan fingerprint density at radius 1 is 0.857 bits per heavy atom. The molecule has 2 fully saturated rings. The summed E-state index contributed by atoms with van der Waals surface area (Å²) >= 11 is 0. The van der Waals surface area contributed by atoms with Crippen molar-refractivity contribution >= 4 is 18.0 Å². The Hall–Kier alpha value is -2.31. The molecule has 6 aliphatic carbocycles. The summed E-state index contributed by atoms with van der Waals surface area (Å²) in [4.78, 5) is 38.5. The Balaban J connectivity index is 1.35. The molecule has 0 radical (unpaired) electrons. The number of hydrogen-bond acceptors (Lipinski definition) is 6. The second-order valence-electron chi connectivity index (χ2n) is 11.4. The van der Waals surface area contributed by atoms with Crippen LogP contribution in [0, 0.1) is 34.5 Å². The summed E-state index contributed by atoms with van der Waals surface area (Å²) in [6.07, 6.45) is 14.8. The van der Waals surface area contributed by atoms with Crippen molar-refractivity contribution in [1.29, 1.82) is 0 Å². The fourth-order valence-corrected chi connectivity index (χ4v) is 6.36. The monoisotopic (exact) mass is 487 g/mol. The van der Waals surface area contributed by atoms with Crippen molar-refractivity contribution in [1.82, 2.24) is 5.32 Å². The zero-order valence-electron chi connectivity index (χ0n) is 21.4. The van der Waals surface area contributed by atoms with Gasteiger partial charge in [0.2, 0.25) is 0 Å². The third kappa shape index (κ3) is 5.59. The third-order valence-corrected chi connectivity index (χ3v) is 8.74. The molecule has 6 rings (SSSR count). The summed E-state index contributed by atoms with van der Waals surface area (Å²) in [5, 5.41) is 2.71. The summed E-state index contributed by atoms with van der Waals surface area (Å²) in [5.41, 5.74) is -1.13. The van der Waals surface area contributed by atoms with Gasteiger partial charge in [-0.3, -0.25) is 9.59 Å². The highest BCUT2D eigenvalue weighted by Crippen LogP contribution is 2.50. The number of amides is 1. The zero-order chi connectivity index (χ0) is 25.1. The maximum Gasteiger partial charge on any atom is 0.407 e. The van der Waals surface area contributed by atoms with E-state index in [1.54, 1.807) is 0 Å². The van der Waals surface area contributed by atoms with Gasteiger partial charge >= 0.3 is 18.0 Å². The van der Waals surface area contributed by atoms with Crippen molar-refractivity contribution in [2.75, 3.05) is 19.8 Å². The van der Waals surface area contributed by atoms with Crippen molar-refractivity contribution in [2.24, 2.45) is 34.5 Å². The average Bonchev–Trinajstić information content (AvgIpc) is 2.86. The summed E-state index contributed by atoms with van der Waals surface area (Å²) in [5.74, 6) is 0.619. The van der Waals surface area contributed by atoms with E-state index in [9.17, 15) is 14.4 Å². The number of carbonyl (C=O) groups excluding carboxylic acids is 3. The van der Waals surface area contributed by atoms with Gasteiger partial charge in [-0.05, 0) is 82.5 Å². The number of rotatable bonds is 10. The van der Waals surface area contributed by atoms with Gasteiger partial charge in [-0.15, -0.1) is 0 Å². The summed E-state index contributed by atoms with van der Waals surface area (Å²) in [6.45, 7) is 6.21. The Kier molecular flexibility index (Phi) is 7.92. The molecule has 0 heterocycles. The molecular formula is C28H41NO6. The molecule has 194 valence electrons. The van der Waals surface area contributed by atoms with Crippen LogP contribution in [0.15, 0.2) is 24.3 Å². The Morgan fingerprint density at radius 2 is 1.37 bits per heavy atom. The highest BCUT2D eigenvalue weighted by molar-refractivity contribution is 5.78. The molecule has 6 atom stereocenters. The quantitative estimate of drug-likeness (QED) is 0.203. The van der Waals surface area contributed by atoms with E-state index in [4.69, 9.17) is 14.2 Å². The number of esters is 2. The number of fused-ring (bicyclic) bond motifs is 4. The van der Waals surface area contributed by atoms with Crippen LogP contribution in [0.5, 0.6) is 0 Å². The molecule has 2 saturated carbocycles. The summed E-state index contributed by atoms with van der Waals surface area (Å²) in [7, 11) is 0. The van der Waals surface area contributed by atoms with E-state index >= 15 is 0 Å². The lowest BCUT2D eigenvalue weighted by atomic mass is 9.60. The molecule has 0 spiro atoms. The molecule has 0 aromatic heterocycles.